The molecule has 0 aliphatic rings. The van der Waals surface area contributed by atoms with Crippen LogP contribution in [0.5, 0.6) is 0 Å². The van der Waals surface area contributed by atoms with Crippen molar-refractivity contribution in [3.63, 3.8) is 0 Å². The van der Waals surface area contributed by atoms with Crippen LogP contribution in [0.3, 0.4) is 0 Å². The quantitative estimate of drug-likeness (QED) is 0.912. The summed E-state index contributed by atoms with van der Waals surface area (Å²) in [5, 5.41) is 11.8. The highest BCUT2D eigenvalue weighted by Crippen LogP contribution is 2.16. The van der Waals surface area contributed by atoms with Gasteiger partial charge in [-0.1, -0.05) is 17.7 Å². The standard InChI is InChI=1S/C14H10ClN3O/c1-9-2-4-11(15)6-12(9)14(19)18-13-5-3-10(7-16)8-17-13/h2-6,8H,1H3,(H,17,18,19). The molecule has 19 heavy (non-hydrogen) atoms. The first-order chi connectivity index (χ1) is 9.10. The second-order valence-electron chi connectivity index (χ2n) is 3.96. The molecule has 2 aromatic rings. The van der Waals surface area contributed by atoms with Gasteiger partial charge >= 0.3 is 0 Å². The van der Waals surface area contributed by atoms with Gasteiger partial charge in [-0.2, -0.15) is 5.26 Å². The van der Waals surface area contributed by atoms with Gasteiger partial charge in [-0.15, -0.1) is 0 Å². The number of amides is 1. The van der Waals surface area contributed by atoms with Crippen molar-refractivity contribution in [3.8, 4) is 6.07 Å². The minimum absolute atomic E-state index is 0.280. The smallest absolute Gasteiger partial charge is 0.257 e. The van der Waals surface area contributed by atoms with Gasteiger partial charge in [-0.25, -0.2) is 4.98 Å². The summed E-state index contributed by atoms with van der Waals surface area (Å²) in [7, 11) is 0. The van der Waals surface area contributed by atoms with Gasteiger partial charge in [0.15, 0.2) is 0 Å². The van der Waals surface area contributed by atoms with Crippen molar-refractivity contribution in [2.45, 2.75) is 6.92 Å². The topological polar surface area (TPSA) is 65.8 Å². The van der Waals surface area contributed by atoms with Crippen molar-refractivity contribution in [1.82, 2.24) is 4.98 Å². The van der Waals surface area contributed by atoms with Gasteiger partial charge in [0, 0.05) is 16.8 Å². The third-order valence-electron chi connectivity index (χ3n) is 2.58. The molecule has 0 aliphatic heterocycles. The molecule has 0 spiro atoms. The van der Waals surface area contributed by atoms with E-state index in [4.69, 9.17) is 16.9 Å². The summed E-state index contributed by atoms with van der Waals surface area (Å²) in [6, 6.07) is 10.3. The summed E-state index contributed by atoms with van der Waals surface area (Å²) in [6.07, 6.45) is 1.40. The molecule has 94 valence electrons. The Morgan fingerprint density at radius 1 is 1.37 bits per heavy atom. The molecule has 4 nitrogen and oxygen atoms in total. The molecule has 1 heterocycles. The normalized spacial score (nSPS) is 9.74. The van der Waals surface area contributed by atoms with E-state index in [2.05, 4.69) is 10.3 Å². The molecule has 2 rings (SSSR count). The van der Waals surface area contributed by atoms with E-state index in [1.807, 2.05) is 13.0 Å². The number of nitrogens with one attached hydrogen (secondary N) is 1. The zero-order valence-electron chi connectivity index (χ0n) is 10.1. The van der Waals surface area contributed by atoms with Crippen LogP contribution in [0.15, 0.2) is 36.5 Å². The van der Waals surface area contributed by atoms with Gasteiger partial charge in [0.2, 0.25) is 0 Å². The molecule has 1 N–H and O–H groups in total. The van der Waals surface area contributed by atoms with E-state index in [9.17, 15) is 4.79 Å². The minimum atomic E-state index is -0.280. The lowest BCUT2D eigenvalue weighted by Gasteiger charge is -2.07. The van der Waals surface area contributed by atoms with Crippen molar-refractivity contribution >= 4 is 23.3 Å². The van der Waals surface area contributed by atoms with Gasteiger partial charge in [0.05, 0.1) is 5.56 Å². The Morgan fingerprint density at radius 3 is 2.79 bits per heavy atom. The summed E-state index contributed by atoms with van der Waals surface area (Å²) in [4.78, 5) is 16.0. The van der Waals surface area contributed by atoms with Crippen LogP contribution in [-0.4, -0.2) is 10.9 Å². The predicted molar refractivity (Wildman–Crippen MR) is 73.1 cm³/mol. The molecular weight excluding hydrogens is 262 g/mol. The Morgan fingerprint density at radius 2 is 2.16 bits per heavy atom. The number of anilines is 1. The number of carbonyl (C=O) groups excluding carboxylic acids is 1. The Labute approximate surface area is 115 Å². The maximum Gasteiger partial charge on any atom is 0.257 e. The van der Waals surface area contributed by atoms with Crippen LogP contribution >= 0.6 is 11.6 Å². The highest BCUT2D eigenvalue weighted by Gasteiger charge is 2.10. The lowest BCUT2D eigenvalue weighted by atomic mass is 10.1. The average molecular weight is 272 g/mol. The number of hydrogen-bond donors (Lipinski definition) is 1. The largest absolute Gasteiger partial charge is 0.307 e. The van der Waals surface area contributed by atoms with E-state index in [1.54, 1.807) is 30.3 Å². The molecule has 0 saturated carbocycles. The summed E-state index contributed by atoms with van der Waals surface area (Å²) in [6.45, 7) is 1.83. The van der Waals surface area contributed by atoms with E-state index < -0.39 is 0 Å². The number of rotatable bonds is 2. The second kappa shape index (κ2) is 5.51. The number of nitrogens with zero attached hydrogens (tertiary/aromatic N) is 2. The molecule has 0 radical (unpaired) electrons. The van der Waals surface area contributed by atoms with Gasteiger partial charge in [-0.3, -0.25) is 4.79 Å². The highest BCUT2D eigenvalue weighted by molar-refractivity contribution is 6.31. The number of benzene rings is 1. The van der Waals surface area contributed by atoms with Gasteiger partial charge in [-0.05, 0) is 36.8 Å². The molecule has 0 aliphatic carbocycles. The van der Waals surface area contributed by atoms with Crippen LogP contribution in [0.25, 0.3) is 0 Å². The van der Waals surface area contributed by atoms with Crippen molar-refractivity contribution in [1.29, 1.82) is 5.26 Å². The number of aryl methyl sites for hydroxylation is 1. The minimum Gasteiger partial charge on any atom is -0.307 e. The van der Waals surface area contributed by atoms with Crippen molar-refractivity contribution < 1.29 is 4.79 Å². The molecule has 1 amide bonds. The van der Waals surface area contributed by atoms with Crippen LogP contribution in [0.4, 0.5) is 5.82 Å². The SMILES string of the molecule is Cc1ccc(Cl)cc1C(=O)Nc1ccc(C#N)cn1. The fourth-order valence-electron chi connectivity index (χ4n) is 1.56. The zero-order chi connectivity index (χ0) is 13.8. The highest BCUT2D eigenvalue weighted by atomic mass is 35.5. The monoisotopic (exact) mass is 271 g/mol. The summed E-state index contributed by atoms with van der Waals surface area (Å²) in [5.74, 6) is 0.112. The van der Waals surface area contributed by atoms with Gasteiger partial charge < -0.3 is 5.32 Å². The van der Waals surface area contributed by atoms with Crippen LogP contribution in [0, 0.1) is 18.3 Å². The summed E-state index contributed by atoms with van der Waals surface area (Å²) < 4.78 is 0. The van der Waals surface area contributed by atoms with Crippen LogP contribution in [-0.2, 0) is 0 Å². The van der Waals surface area contributed by atoms with E-state index in [0.717, 1.165) is 5.56 Å². The third-order valence-corrected chi connectivity index (χ3v) is 2.81. The maximum absolute atomic E-state index is 12.1. The molecule has 0 saturated heterocycles. The van der Waals surface area contributed by atoms with Gasteiger partial charge in [0.25, 0.3) is 5.91 Å². The molecule has 0 fully saturated rings. The lowest BCUT2D eigenvalue weighted by Crippen LogP contribution is -2.14. The second-order valence-corrected chi connectivity index (χ2v) is 4.39. The van der Waals surface area contributed by atoms with E-state index in [0.29, 0.717) is 22.0 Å². The van der Waals surface area contributed by atoms with Gasteiger partial charge in [0.1, 0.15) is 11.9 Å². The first kappa shape index (κ1) is 13.1. The maximum atomic E-state index is 12.1. The number of carbonyl (C=O) groups is 1. The summed E-state index contributed by atoms with van der Waals surface area (Å²) in [5.41, 5.74) is 1.77. The number of halogens is 1. The van der Waals surface area contributed by atoms with E-state index in [1.165, 1.54) is 6.20 Å². The van der Waals surface area contributed by atoms with E-state index >= 15 is 0 Å². The summed E-state index contributed by atoms with van der Waals surface area (Å²) >= 11 is 5.87. The predicted octanol–water partition coefficient (Wildman–Crippen LogP) is 3.17. The molecule has 1 aromatic carbocycles. The third kappa shape index (κ3) is 3.09. The first-order valence-corrected chi connectivity index (χ1v) is 5.91. The lowest BCUT2D eigenvalue weighted by molar-refractivity contribution is 0.102. The first-order valence-electron chi connectivity index (χ1n) is 5.54. The Kier molecular flexibility index (Phi) is 3.79. The molecular formula is C14H10ClN3O. The number of aromatic nitrogens is 1. The number of pyridine rings is 1. The number of nitriles is 1. The zero-order valence-corrected chi connectivity index (χ0v) is 10.9. The van der Waals surface area contributed by atoms with Crippen molar-refractivity contribution in [3.05, 3.63) is 58.2 Å². The molecule has 0 bridgehead atoms. The van der Waals surface area contributed by atoms with Crippen LogP contribution in [0.2, 0.25) is 5.02 Å². The Hall–Kier alpha value is -2.38. The van der Waals surface area contributed by atoms with E-state index in [-0.39, 0.29) is 5.91 Å². The number of hydrogen-bond acceptors (Lipinski definition) is 3. The van der Waals surface area contributed by atoms with Crippen molar-refractivity contribution in [2.75, 3.05) is 5.32 Å². The Bertz CT molecular complexity index is 659. The molecule has 1 aromatic heterocycles. The van der Waals surface area contributed by atoms with Crippen LogP contribution < -0.4 is 5.32 Å². The fourth-order valence-corrected chi connectivity index (χ4v) is 1.73. The molecule has 0 atom stereocenters. The Balaban J connectivity index is 2.21. The van der Waals surface area contributed by atoms with Crippen LogP contribution in [0.1, 0.15) is 21.5 Å². The molecule has 5 heteroatoms. The molecule has 0 unspecified atom stereocenters. The average Bonchev–Trinajstić information content (AvgIpc) is 2.42. The van der Waals surface area contributed by atoms with Crippen molar-refractivity contribution in [2.24, 2.45) is 0 Å². The fraction of sp³-hybridized carbons (Fsp3) is 0.0714.